The Morgan fingerprint density at radius 1 is 1.07 bits per heavy atom. The monoisotopic (exact) mass is 430 g/mol. The van der Waals surface area contributed by atoms with Crippen LogP contribution in [0.1, 0.15) is 24.8 Å². The van der Waals surface area contributed by atoms with Gasteiger partial charge >= 0.3 is 0 Å². The Hall–Kier alpha value is 0.640. The second-order valence-corrected chi connectivity index (χ2v) is 8.82. The van der Waals surface area contributed by atoms with E-state index in [1.54, 1.807) is 0 Å². The summed E-state index contributed by atoms with van der Waals surface area (Å²) in [6, 6.07) is 10.3. The van der Waals surface area contributed by atoms with E-state index in [9.17, 15) is 0 Å². The molecule has 3 heteroatoms. The molecule has 0 N–H and O–H groups in total. The topological polar surface area (TPSA) is 9.23 Å². The molecule has 84 valence electrons. The fraction of sp³-hybridized carbons (Fsp3) is 0.500. The van der Waals surface area contributed by atoms with Gasteiger partial charge in [0, 0.05) is 6.61 Å². The Labute approximate surface area is 119 Å². The molecule has 1 nitrogen and oxygen atoms in total. The van der Waals surface area contributed by atoms with Gasteiger partial charge in [0.15, 0.2) is 0 Å². The van der Waals surface area contributed by atoms with Gasteiger partial charge in [0.1, 0.15) is 0 Å². The lowest BCUT2D eigenvalue weighted by atomic mass is 10.2. The first kappa shape index (κ1) is 13.7. The normalized spacial score (nSPS) is 10.9. The summed E-state index contributed by atoms with van der Waals surface area (Å²) in [6.45, 7) is 1.63. The summed E-state index contributed by atoms with van der Waals surface area (Å²) in [6.07, 6.45) is 3.73. The van der Waals surface area contributed by atoms with E-state index >= 15 is 0 Å². The van der Waals surface area contributed by atoms with Crippen molar-refractivity contribution in [3.05, 3.63) is 35.9 Å². The van der Waals surface area contributed by atoms with Crippen molar-refractivity contribution in [2.75, 3.05) is 6.61 Å². The molecule has 1 rings (SSSR count). The van der Waals surface area contributed by atoms with E-state index in [-0.39, 0.29) is 0 Å². The van der Waals surface area contributed by atoms with Crippen LogP contribution in [0.15, 0.2) is 30.3 Å². The molecule has 0 saturated heterocycles. The summed E-state index contributed by atoms with van der Waals surface area (Å²) in [5, 5.41) is 0. The second-order valence-electron chi connectivity index (χ2n) is 3.43. The molecular weight excluding hydrogens is 414 g/mol. The minimum Gasteiger partial charge on any atom is -0.377 e. The molecule has 1 aromatic carbocycles. The largest absolute Gasteiger partial charge is 0.377 e. The Morgan fingerprint density at radius 2 is 1.80 bits per heavy atom. The van der Waals surface area contributed by atoms with Gasteiger partial charge in [0.25, 0.3) is 0 Å². The van der Waals surface area contributed by atoms with Crippen LogP contribution in [-0.2, 0) is 11.3 Å². The SMILES string of the molecule is IC(I)CCCCOCc1ccccc1. The fourth-order valence-corrected chi connectivity index (χ4v) is 2.15. The zero-order valence-corrected chi connectivity index (χ0v) is 13.0. The lowest BCUT2D eigenvalue weighted by molar-refractivity contribution is 0.117. The first-order valence-electron chi connectivity index (χ1n) is 5.19. The number of hydrogen-bond acceptors (Lipinski definition) is 1. The van der Waals surface area contributed by atoms with Gasteiger partial charge in [-0.1, -0.05) is 75.5 Å². The molecule has 0 heterocycles. The smallest absolute Gasteiger partial charge is 0.0716 e. The first-order chi connectivity index (χ1) is 7.29. The predicted molar refractivity (Wildman–Crippen MR) is 81.8 cm³/mol. The standard InChI is InChI=1S/C12H16I2O/c13-12(14)8-4-5-9-15-10-11-6-2-1-3-7-11/h1-3,6-7,12H,4-5,8-10H2. The number of unbranched alkanes of at least 4 members (excludes halogenated alkanes) is 1. The number of ether oxygens (including phenoxy) is 1. The highest BCUT2D eigenvalue weighted by Crippen LogP contribution is 2.17. The Kier molecular flexibility index (Phi) is 8.00. The summed E-state index contributed by atoms with van der Waals surface area (Å²) >= 11 is 4.92. The van der Waals surface area contributed by atoms with Crippen molar-refractivity contribution < 1.29 is 4.74 Å². The van der Waals surface area contributed by atoms with Crippen molar-refractivity contribution in [3.8, 4) is 0 Å². The molecule has 15 heavy (non-hydrogen) atoms. The van der Waals surface area contributed by atoms with Crippen LogP contribution in [-0.4, -0.2) is 8.54 Å². The molecule has 0 radical (unpaired) electrons. The molecule has 0 spiro atoms. The third-order valence-corrected chi connectivity index (χ3v) is 3.32. The molecule has 0 saturated carbocycles. The van der Waals surface area contributed by atoms with Crippen LogP contribution in [0.2, 0.25) is 0 Å². The lowest BCUT2D eigenvalue weighted by Gasteiger charge is -2.04. The minimum atomic E-state index is 0.749. The van der Waals surface area contributed by atoms with Gasteiger partial charge in [0.05, 0.1) is 8.54 Å². The predicted octanol–water partition coefficient (Wildman–Crippen LogP) is 4.57. The number of rotatable bonds is 7. The summed E-state index contributed by atoms with van der Waals surface area (Å²) in [5.74, 6) is 0. The molecule has 0 aliphatic carbocycles. The molecule has 0 atom stereocenters. The summed E-state index contributed by atoms with van der Waals surface area (Å²) < 4.78 is 6.36. The maximum Gasteiger partial charge on any atom is 0.0716 e. The van der Waals surface area contributed by atoms with Crippen LogP contribution in [0, 0.1) is 0 Å². The van der Waals surface area contributed by atoms with Crippen molar-refractivity contribution >= 4 is 45.2 Å². The molecule has 0 aromatic heterocycles. The molecule has 0 bridgehead atoms. The molecule has 0 unspecified atom stereocenters. The zero-order chi connectivity index (χ0) is 10.9. The van der Waals surface area contributed by atoms with Crippen molar-refractivity contribution in [3.63, 3.8) is 0 Å². The summed E-state index contributed by atoms with van der Waals surface area (Å²) in [5.41, 5.74) is 1.26. The van der Waals surface area contributed by atoms with Crippen LogP contribution < -0.4 is 0 Å². The number of halogens is 2. The Morgan fingerprint density at radius 3 is 2.47 bits per heavy atom. The highest BCUT2D eigenvalue weighted by Gasteiger charge is 1.97. The fourth-order valence-electron chi connectivity index (χ4n) is 1.27. The Bertz CT molecular complexity index is 249. The van der Waals surface area contributed by atoms with E-state index in [0.29, 0.717) is 0 Å². The Balaban J connectivity index is 1.98. The van der Waals surface area contributed by atoms with Crippen molar-refractivity contribution in [1.82, 2.24) is 0 Å². The van der Waals surface area contributed by atoms with E-state index in [2.05, 4.69) is 69.4 Å². The first-order valence-corrected chi connectivity index (χ1v) is 7.68. The van der Waals surface area contributed by atoms with Gasteiger partial charge in [-0.2, -0.15) is 0 Å². The summed E-state index contributed by atoms with van der Waals surface area (Å²) in [4.78, 5) is 0. The second kappa shape index (κ2) is 8.75. The molecule has 1 aromatic rings. The lowest BCUT2D eigenvalue weighted by Crippen LogP contribution is -1.96. The highest BCUT2D eigenvalue weighted by atomic mass is 127. The number of alkyl halides is 2. The van der Waals surface area contributed by atoms with Gasteiger partial charge in [-0.25, -0.2) is 0 Å². The molecular formula is C12H16I2O. The molecule has 0 amide bonds. The average Bonchev–Trinajstić information content (AvgIpc) is 2.24. The number of benzene rings is 1. The maximum atomic E-state index is 5.60. The van der Waals surface area contributed by atoms with Crippen molar-refractivity contribution in [2.24, 2.45) is 0 Å². The van der Waals surface area contributed by atoms with Crippen LogP contribution >= 0.6 is 45.2 Å². The average molecular weight is 430 g/mol. The van der Waals surface area contributed by atoms with Crippen LogP contribution in [0.4, 0.5) is 0 Å². The molecule has 0 aliphatic heterocycles. The third-order valence-electron chi connectivity index (χ3n) is 2.07. The van der Waals surface area contributed by atoms with Crippen LogP contribution in [0.5, 0.6) is 0 Å². The number of hydrogen-bond donors (Lipinski definition) is 0. The zero-order valence-electron chi connectivity index (χ0n) is 8.66. The van der Waals surface area contributed by atoms with E-state index < -0.39 is 0 Å². The highest BCUT2D eigenvalue weighted by molar-refractivity contribution is 14.2. The van der Waals surface area contributed by atoms with E-state index in [1.807, 2.05) is 6.07 Å². The minimum absolute atomic E-state index is 0.749. The van der Waals surface area contributed by atoms with E-state index in [1.165, 1.54) is 24.8 Å². The molecule has 0 aliphatic rings. The quantitative estimate of drug-likeness (QED) is 0.350. The summed E-state index contributed by atoms with van der Waals surface area (Å²) in [7, 11) is 0. The maximum absolute atomic E-state index is 5.60. The van der Waals surface area contributed by atoms with Crippen LogP contribution in [0.25, 0.3) is 0 Å². The van der Waals surface area contributed by atoms with Gasteiger partial charge in [0.2, 0.25) is 0 Å². The molecule has 0 fully saturated rings. The van der Waals surface area contributed by atoms with Gasteiger partial charge in [-0.05, 0) is 24.8 Å². The van der Waals surface area contributed by atoms with E-state index in [0.717, 1.165) is 15.1 Å². The van der Waals surface area contributed by atoms with E-state index in [4.69, 9.17) is 4.74 Å². The van der Waals surface area contributed by atoms with Crippen LogP contribution in [0.3, 0.4) is 0 Å². The van der Waals surface area contributed by atoms with Crippen molar-refractivity contribution in [2.45, 2.75) is 27.8 Å². The van der Waals surface area contributed by atoms with Gasteiger partial charge in [-0.3, -0.25) is 0 Å². The third kappa shape index (κ3) is 7.52. The van der Waals surface area contributed by atoms with Gasteiger partial charge < -0.3 is 4.74 Å². The van der Waals surface area contributed by atoms with Crippen molar-refractivity contribution in [1.29, 1.82) is 0 Å². The van der Waals surface area contributed by atoms with Gasteiger partial charge in [-0.15, -0.1) is 0 Å².